The van der Waals surface area contributed by atoms with Gasteiger partial charge in [-0.25, -0.2) is 0 Å². The molecule has 110 valence electrons. The minimum absolute atomic E-state index is 0.0466. The van der Waals surface area contributed by atoms with Crippen LogP contribution in [0.1, 0.15) is 11.9 Å². The molecule has 3 rings (SSSR count). The van der Waals surface area contributed by atoms with E-state index in [9.17, 15) is 10.1 Å². The van der Waals surface area contributed by atoms with E-state index in [1.807, 2.05) is 0 Å². The van der Waals surface area contributed by atoms with Crippen LogP contribution in [0.5, 0.6) is 0 Å². The minimum Gasteiger partial charge on any atom is -0.367 e. The Balaban J connectivity index is 1.90. The van der Waals surface area contributed by atoms with E-state index in [1.165, 1.54) is 12.1 Å². The smallest absolute Gasteiger partial charge is 0.271 e. The first kappa shape index (κ1) is 14.1. The van der Waals surface area contributed by atoms with E-state index < -0.39 is 4.92 Å². The third-order valence-electron chi connectivity index (χ3n) is 3.00. The molecule has 0 amide bonds. The van der Waals surface area contributed by atoms with Gasteiger partial charge in [-0.05, 0) is 6.07 Å². The maximum absolute atomic E-state index is 10.9. The third-order valence-corrected chi connectivity index (χ3v) is 3.46. The van der Waals surface area contributed by atoms with Crippen LogP contribution in [-0.2, 0) is 4.74 Å². The number of morpholine rings is 1. The zero-order valence-corrected chi connectivity index (χ0v) is 12.4. The number of benzene rings is 1. The van der Waals surface area contributed by atoms with Crippen LogP contribution in [0, 0.1) is 10.1 Å². The van der Waals surface area contributed by atoms with Gasteiger partial charge < -0.3 is 14.6 Å². The molecule has 2 heterocycles. The lowest BCUT2D eigenvalue weighted by Crippen LogP contribution is -2.33. The van der Waals surface area contributed by atoms with E-state index in [4.69, 9.17) is 9.26 Å². The van der Waals surface area contributed by atoms with Crippen molar-refractivity contribution in [2.24, 2.45) is 0 Å². The summed E-state index contributed by atoms with van der Waals surface area (Å²) < 4.78 is 11.3. The normalized spacial score (nSPS) is 18.6. The highest BCUT2D eigenvalue weighted by molar-refractivity contribution is 9.10. The monoisotopic (exact) mass is 354 g/mol. The van der Waals surface area contributed by atoms with Crippen molar-refractivity contribution in [2.45, 2.75) is 6.10 Å². The van der Waals surface area contributed by atoms with Gasteiger partial charge in [-0.15, -0.1) is 0 Å². The van der Waals surface area contributed by atoms with Crippen LogP contribution < -0.4 is 5.32 Å². The lowest BCUT2D eigenvalue weighted by Gasteiger charge is -2.20. The topological polar surface area (TPSA) is 103 Å². The van der Waals surface area contributed by atoms with E-state index in [0.717, 1.165) is 6.54 Å². The number of nitro groups is 1. The summed E-state index contributed by atoms with van der Waals surface area (Å²) in [6, 6.07) is 4.49. The van der Waals surface area contributed by atoms with Crippen molar-refractivity contribution in [3.8, 4) is 11.5 Å². The van der Waals surface area contributed by atoms with Gasteiger partial charge >= 0.3 is 0 Å². The summed E-state index contributed by atoms with van der Waals surface area (Å²) in [6.07, 6.45) is -0.265. The molecule has 1 aromatic carbocycles. The van der Waals surface area contributed by atoms with Gasteiger partial charge in [-0.2, -0.15) is 4.98 Å². The molecule has 0 radical (unpaired) electrons. The number of aromatic nitrogens is 2. The quantitative estimate of drug-likeness (QED) is 0.664. The van der Waals surface area contributed by atoms with E-state index in [2.05, 4.69) is 31.4 Å². The van der Waals surface area contributed by atoms with Crippen molar-refractivity contribution in [3.63, 3.8) is 0 Å². The second-order valence-electron chi connectivity index (χ2n) is 4.48. The maximum atomic E-state index is 10.9. The highest BCUT2D eigenvalue weighted by atomic mass is 79.9. The summed E-state index contributed by atoms with van der Waals surface area (Å²) in [6.45, 7) is 1.98. The first-order valence-electron chi connectivity index (χ1n) is 6.25. The third kappa shape index (κ3) is 3.09. The second-order valence-corrected chi connectivity index (χ2v) is 5.39. The van der Waals surface area contributed by atoms with E-state index >= 15 is 0 Å². The van der Waals surface area contributed by atoms with Gasteiger partial charge in [-0.1, -0.05) is 21.1 Å². The first-order valence-corrected chi connectivity index (χ1v) is 7.04. The number of ether oxygens (including phenoxy) is 1. The van der Waals surface area contributed by atoms with Crippen LogP contribution >= 0.6 is 15.9 Å². The van der Waals surface area contributed by atoms with Crippen LogP contribution in [0.4, 0.5) is 5.69 Å². The Kier molecular flexibility index (Phi) is 3.95. The van der Waals surface area contributed by atoms with E-state index in [1.54, 1.807) is 6.07 Å². The average molecular weight is 355 g/mol. The van der Waals surface area contributed by atoms with Gasteiger partial charge in [0.1, 0.15) is 6.10 Å². The summed E-state index contributed by atoms with van der Waals surface area (Å²) in [5.41, 5.74) is 0.438. The van der Waals surface area contributed by atoms with Crippen LogP contribution in [0.3, 0.4) is 0 Å². The molecule has 1 aliphatic heterocycles. The number of nitro benzene ring substituents is 1. The molecule has 1 fully saturated rings. The van der Waals surface area contributed by atoms with Crippen LogP contribution in [0.25, 0.3) is 11.5 Å². The maximum Gasteiger partial charge on any atom is 0.271 e. The van der Waals surface area contributed by atoms with Crippen LogP contribution in [0.15, 0.2) is 27.2 Å². The zero-order valence-electron chi connectivity index (χ0n) is 10.8. The number of hydrogen-bond donors (Lipinski definition) is 1. The Morgan fingerprint density at radius 2 is 2.29 bits per heavy atom. The largest absolute Gasteiger partial charge is 0.367 e. The Morgan fingerprint density at radius 3 is 3.00 bits per heavy atom. The van der Waals surface area contributed by atoms with Crippen molar-refractivity contribution in [2.75, 3.05) is 19.7 Å². The van der Waals surface area contributed by atoms with Crippen molar-refractivity contribution < 1.29 is 14.2 Å². The molecule has 2 aromatic rings. The molecule has 8 nitrogen and oxygen atoms in total. The van der Waals surface area contributed by atoms with Gasteiger partial charge in [0, 0.05) is 35.3 Å². The molecule has 1 saturated heterocycles. The fraction of sp³-hybridized carbons (Fsp3) is 0.333. The molecular formula is C12H11BrN4O4. The number of nitrogens with one attached hydrogen (secondary N) is 1. The van der Waals surface area contributed by atoms with Gasteiger partial charge in [0.2, 0.25) is 5.82 Å². The number of non-ortho nitro benzene ring substituents is 1. The molecule has 0 aliphatic carbocycles. The second kappa shape index (κ2) is 5.88. The molecule has 1 N–H and O–H groups in total. The summed E-state index contributed by atoms with van der Waals surface area (Å²) in [4.78, 5) is 14.7. The summed E-state index contributed by atoms with van der Waals surface area (Å²) in [5, 5.41) is 17.9. The average Bonchev–Trinajstić information content (AvgIpc) is 2.97. The SMILES string of the molecule is O=[N+]([O-])c1cc(Br)cc(-c2nc(C3CNCCO3)no2)c1. The highest BCUT2D eigenvalue weighted by Gasteiger charge is 2.22. The number of rotatable bonds is 3. The summed E-state index contributed by atoms with van der Waals surface area (Å²) in [5.74, 6) is 0.656. The number of nitrogens with zero attached hydrogens (tertiary/aromatic N) is 3. The molecule has 1 atom stereocenters. The molecule has 0 saturated carbocycles. The Labute approximate surface area is 127 Å². The molecule has 21 heavy (non-hydrogen) atoms. The first-order chi connectivity index (χ1) is 10.1. The van der Waals surface area contributed by atoms with Crippen LogP contribution in [-0.4, -0.2) is 34.8 Å². The number of hydrogen-bond acceptors (Lipinski definition) is 7. The lowest BCUT2D eigenvalue weighted by atomic mass is 10.2. The summed E-state index contributed by atoms with van der Waals surface area (Å²) >= 11 is 3.23. The van der Waals surface area contributed by atoms with Crippen molar-refractivity contribution in [1.82, 2.24) is 15.5 Å². The molecule has 1 aliphatic rings. The standard InChI is InChI=1S/C12H11BrN4O4/c13-8-3-7(4-9(5-8)17(18)19)12-15-11(16-21-12)10-6-14-1-2-20-10/h3-5,10,14H,1-2,6H2. The van der Waals surface area contributed by atoms with E-state index in [-0.39, 0.29) is 17.7 Å². The molecule has 1 unspecified atom stereocenters. The molecule has 0 bridgehead atoms. The number of halogens is 1. The van der Waals surface area contributed by atoms with Crippen molar-refractivity contribution >= 4 is 21.6 Å². The highest BCUT2D eigenvalue weighted by Crippen LogP contribution is 2.28. The lowest BCUT2D eigenvalue weighted by molar-refractivity contribution is -0.384. The Hall–Kier alpha value is -1.84. The van der Waals surface area contributed by atoms with Gasteiger partial charge in [0.25, 0.3) is 11.6 Å². The fourth-order valence-corrected chi connectivity index (χ4v) is 2.50. The van der Waals surface area contributed by atoms with Gasteiger partial charge in [0.15, 0.2) is 0 Å². The molecular weight excluding hydrogens is 344 g/mol. The summed E-state index contributed by atoms with van der Waals surface area (Å²) in [7, 11) is 0. The van der Waals surface area contributed by atoms with Crippen molar-refractivity contribution in [3.05, 3.63) is 38.6 Å². The Bertz CT molecular complexity index is 669. The Morgan fingerprint density at radius 1 is 1.43 bits per heavy atom. The molecule has 9 heteroatoms. The predicted molar refractivity (Wildman–Crippen MR) is 75.7 cm³/mol. The predicted octanol–water partition coefficient (Wildman–Crippen LogP) is 2.07. The minimum atomic E-state index is -0.473. The molecule has 0 spiro atoms. The van der Waals surface area contributed by atoms with Crippen LogP contribution in [0.2, 0.25) is 0 Å². The zero-order chi connectivity index (χ0) is 14.8. The van der Waals surface area contributed by atoms with E-state index in [0.29, 0.717) is 29.0 Å². The molecule has 1 aromatic heterocycles. The fourth-order valence-electron chi connectivity index (χ4n) is 2.02. The van der Waals surface area contributed by atoms with Gasteiger partial charge in [-0.3, -0.25) is 10.1 Å². The van der Waals surface area contributed by atoms with Gasteiger partial charge in [0.05, 0.1) is 11.5 Å². The van der Waals surface area contributed by atoms with Crippen molar-refractivity contribution in [1.29, 1.82) is 0 Å².